The molecule has 1 fully saturated rings. The Balaban J connectivity index is 1.83. The number of anilines is 2. The molecule has 0 aromatic heterocycles. The number of benzene rings is 2. The number of hydrogen-bond donors (Lipinski definition) is 1. The molecule has 5 nitrogen and oxygen atoms in total. The predicted octanol–water partition coefficient (Wildman–Crippen LogP) is 4.29. The molecule has 1 saturated carbocycles. The highest BCUT2D eigenvalue weighted by molar-refractivity contribution is 6.04. The Bertz CT molecular complexity index is 893. The Kier molecular flexibility index (Phi) is 6.52. The van der Waals surface area contributed by atoms with Crippen LogP contribution in [-0.4, -0.2) is 37.4 Å². The van der Waals surface area contributed by atoms with Crippen molar-refractivity contribution in [3.05, 3.63) is 59.4 Å². The van der Waals surface area contributed by atoms with Crippen LogP contribution in [0.4, 0.5) is 15.8 Å². The van der Waals surface area contributed by atoms with Gasteiger partial charge in [0, 0.05) is 50.5 Å². The minimum atomic E-state index is -0.449. The van der Waals surface area contributed by atoms with Crippen LogP contribution in [-0.2, 0) is 11.3 Å². The number of halogens is 1. The maximum absolute atomic E-state index is 13.4. The van der Waals surface area contributed by atoms with Gasteiger partial charge in [0.1, 0.15) is 5.82 Å². The lowest BCUT2D eigenvalue weighted by Crippen LogP contribution is -2.32. The fourth-order valence-electron chi connectivity index (χ4n) is 3.36. The molecule has 0 saturated heterocycles. The summed E-state index contributed by atoms with van der Waals surface area (Å²) in [5.41, 5.74) is 2.85. The third-order valence-electron chi connectivity index (χ3n) is 5.10. The summed E-state index contributed by atoms with van der Waals surface area (Å²) in [7, 11) is 3.91. The maximum Gasteiger partial charge on any atom is 0.255 e. The number of carbonyl (C=O) groups excluding carboxylic acids is 2. The largest absolute Gasteiger partial charge is 0.377 e. The van der Waals surface area contributed by atoms with E-state index in [2.05, 4.69) is 5.32 Å². The number of carbonyl (C=O) groups is 2. The van der Waals surface area contributed by atoms with Gasteiger partial charge in [0.2, 0.25) is 5.91 Å². The zero-order valence-electron chi connectivity index (χ0n) is 17.2. The first-order chi connectivity index (χ1) is 13.9. The first kappa shape index (κ1) is 20.8. The van der Waals surface area contributed by atoms with E-state index in [-0.39, 0.29) is 17.4 Å². The van der Waals surface area contributed by atoms with Gasteiger partial charge in [-0.05, 0) is 60.7 Å². The van der Waals surface area contributed by atoms with Crippen molar-refractivity contribution < 1.29 is 14.0 Å². The van der Waals surface area contributed by atoms with Crippen LogP contribution in [0.1, 0.15) is 42.1 Å². The first-order valence-electron chi connectivity index (χ1n) is 10.0. The summed E-state index contributed by atoms with van der Waals surface area (Å²) >= 11 is 0. The van der Waals surface area contributed by atoms with Gasteiger partial charge < -0.3 is 15.1 Å². The fraction of sp³-hybridized carbons (Fsp3) is 0.391. The van der Waals surface area contributed by atoms with E-state index in [1.165, 1.54) is 31.0 Å². The third kappa shape index (κ3) is 5.56. The Morgan fingerprint density at radius 3 is 2.52 bits per heavy atom. The van der Waals surface area contributed by atoms with E-state index in [0.29, 0.717) is 24.6 Å². The molecule has 29 heavy (non-hydrogen) atoms. The molecule has 0 heterocycles. The summed E-state index contributed by atoms with van der Waals surface area (Å²) in [6.07, 6.45) is 2.83. The summed E-state index contributed by atoms with van der Waals surface area (Å²) in [6.45, 7) is 3.16. The second kappa shape index (κ2) is 9.07. The van der Waals surface area contributed by atoms with E-state index in [1.54, 1.807) is 6.07 Å². The summed E-state index contributed by atoms with van der Waals surface area (Å²) in [5.74, 6) is -0.0809. The molecular weight excluding hydrogens is 369 g/mol. The van der Waals surface area contributed by atoms with Crippen LogP contribution in [0.5, 0.6) is 0 Å². The van der Waals surface area contributed by atoms with Gasteiger partial charge >= 0.3 is 0 Å². The van der Waals surface area contributed by atoms with Gasteiger partial charge in [0.15, 0.2) is 0 Å². The Labute approximate surface area is 171 Å². The molecule has 2 amide bonds. The minimum Gasteiger partial charge on any atom is -0.377 e. The van der Waals surface area contributed by atoms with Gasteiger partial charge in [0.05, 0.1) is 0 Å². The van der Waals surface area contributed by atoms with E-state index < -0.39 is 5.82 Å². The quantitative estimate of drug-likeness (QED) is 0.723. The maximum atomic E-state index is 13.4. The Morgan fingerprint density at radius 1 is 1.14 bits per heavy atom. The molecule has 0 unspecified atom stereocenters. The van der Waals surface area contributed by atoms with E-state index in [0.717, 1.165) is 17.8 Å². The molecule has 6 heteroatoms. The summed E-state index contributed by atoms with van der Waals surface area (Å²) in [4.78, 5) is 28.8. The molecule has 154 valence electrons. The molecule has 1 N–H and O–H groups in total. The second-order valence-electron chi connectivity index (χ2n) is 7.77. The van der Waals surface area contributed by atoms with Crippen LogP contribution in [0.15, 0.2) is 42.5 Å². The fourth-order valence-corrected chi connectivity index (χ4v) is 3.36. The molecule has 0 aliphatic heterocycles. The molecule has 0 bridgehead atoms. The summed E-state index contributed by atoms with van der Waals surface area (Å²) < 4.78 is 13.4. The van der Waals surface area contributed by atoms with E-state index in [1.807, 2.05) is 49.0 Å². The number of nitrogens with zero attached hydrogens (tertiary/aromatic N) is 2. The van der Waals surface area contributed by atoms with Crippen molar-refractivity contribution in [2.75, 3.05) is 30.9 Å². The highest BCUT2D eigenvalue weighted by atomic mass is 19.1. The zero-order valence-corrected chi connectivity index (χ0v) is 17.2. The van der Waals surface area contributed by atoms with E-state index in [9.17, 15) is 14.0 Å². The third-order valence-corrected chi connectivity index (χ3v) is 5.10. The molecule has 3 rings (SSSR count). The molecule has 1 aliphatic rings. The molecule has 2 aromatic carbocycles. The van der Waals surface area contributed by atoms with Gasteiger partial charge in [-0.15, -0.1) is 0 Å². The van der Waals surface area contributed by atoms with Crippen molar-refractivity contribution in [1.29, 1.82) is 0 Å². The molecule has 1 aliphatic carbocycles. The van der Waals surface area contributed by atoms with Crippen LogP contribution in [0.3, 0.4) is 0 Å². The molecule has 0 radical (unpaired) electrons. The summed E-state index contributed by atoms with van der Waals surface area (Å²) in [6, 6.07) is 11.3. The number of hydrogen-bond acceptors (Lipinski definition) is 3. The highest BCUT2D eigenvalue weighted by Crippen LogP contribution is 2.32. The molecule has 2 aromatic rings. The lowest BCUT2D eigenvalue weighted by atomic mass is 10.1. The van der Waals surface area contributed by atoms with Crippen LogP contribution < -0.4 is 10.2 Å². The van der Waals surface area contributed by atoms with Crippen molar-refractivity contribution in [2.45, 2.75) is 32.7 Å². The van der Waals surface area contributed by atoms with E-state index >= 15 is 0 Å². The van der Waals surface area contributed by atoms with Gasteiger partial charge in [-0.25, -0.2) is 4.39 Å². The second-order valence-corrected chi connectivity index (χ2v) is 7.77. The van der Waals surface area contributed by atoms with Crippen molar-refractivity contribution >= 4 is 23.2 Å². The van der Waals surface area contributed by atoms with E-state index in [4.69, 9.17) is 0 Å². The Morgan fingerprint density at radius 2 is 1.90 bits per heavy atom. The Hall–Kier alpha value is -2.89. The topological polar surface area (TPSA) is 52.7 Å². The number of nitrogens with one attached hydrogen (secondary N) is 1. The van der Waals surface area contributed by atoms with Gasteiger partial charge in [-0.1, -0.05) is 13.0 Å². The van der Waals surface area contributed by atoms with Crippen LogP contribution in [0.25, 0.3) is 0 Å². The van der Waals surface area contributed by atoms with Crippen molar-refractivity contribution in [3.63, 3.8) is 0 Å². The summed E-state index contributed by atoms with van der Waals surface area (Å²) in [5, 5.41) is 2.83. The SMILES string of the molecule is CCC(=O)N(Cc1cc(NC(=O)c2cccc(F)c2)ccc1N(C)C)CC1CC1. The standard InChI is InChI=1S/C23H28FN3O2/c1-4-22(28)27(14-16-8-9-16)15-18-13-20(10-11-21(18)26(2)3)25-23(29)17-6-5-7-19(24)12-17/h5-7,10-13,16H,4,8-9,14-15H2,1-3H3,(H,25,29). The van der Waals surface area contributed by atoms with Gasteiger partial charge in [0.25, 0.3) is 5.91 Å². The molecular formula is C23H28FN3O2. The predicted molar refractivity (Wildman–Crippen MR) is 114 cm³/mol. The molecule has 0 atom stereocenters. The van der Waals surface area contributed by atoms with Gasteiger partial charge in [-0.3, -0.25) is 9.59 Å². The highest BCUT2D eigenvalue weighted by Gasteiger charge is 2.27. The van der Waals surface area contributed by atoms with Crippen LogP contribution >= 0.6 is 0 Å². The number of amides is 2. The monoisotopic (exact) mass is 397 g/mol. The van der Waals surface area contributed by atoms with Crippen LogP contribution in [0, 0.1) is 11.7 Å². The van der Waals surface area contributed by atoms with Crippen molar-refractivity contribution in [3.8, 4) is 0 Å². The van der Waals surface area contributed by atoms with Crippen LogP contribution in [0.2, 0.25) is 0 Å². The van der Waals surface area contributed by atoms with Crippen molar-refractivity contribution in [2.24, 2.45) is 5.92 Å². The minimum absolute atomic E-state index is 0.135. The molecule has 0 spiro atoms. The van der Waals surface area contributed by atoms with Crippen molar-refractivity contribution in [1.82, 2.24) is 4.90 Å². The van der Waals surface area contributed by atoms with Gasteiger partial charge in [-0.2, -0.15) is 0 Å². The first-order valence-corrected chi connectivity index (χ1v) is 10.0. The lowest BCUT2D eigenvalue weighted by molar-refractivity contribution is -0.131. The lowest BCUT2D eigenvalue weighted by Gasteiger charge is -2.26. The smallest absolute Gasteiger partial charge is 0.255 e. The zero-order chi connectivity index (χ0) is 21.0. The normalized spacial score (nSPS) is 13.1. The number of rotatable bonds is 8. The average Bonchev–Trinajstić information content (AvgIpc) is 3.51. The average molecular weight is 397 g/mol.